The van der Waals surface area contributed by atoms with Gasteiger partial charge in [0.15, 0.2) is 0 Å². The quantitative estimate of drug-likeness (QED) is 0.665. The molecule has 0 unspecified atom stereocenters. The van der Waals surface area contributed by atoms with Crippen LogP contribution in [-0.2, 0) is 7.05 Å². The van der Waals surface area contributed by atoms with Gasteiger partial charge in [-0.3, -0.25) is 9.67 Å². The van der Waals surface area contributed by atoms with Crippen molar-refractivity contribution in [2.24, 2.45) is 7.05 Å². The third-order valence-corrected chi connectivity index (χ3v) is 2.92. The average molecular weight is 261 g/mol. The van der Waals surface area contributed by atoms with Crippen LogP contribution in [0, 0.1) is 11.3 Å². The maximum absolute atomic E-state index is 8.56. The topological polar surface area (TPSA) is 67.4 Å². The molecule has 0 spiro atoms. The SMILES string of the molecule is Cn1cc(-c2cnc3ccc(/C=C/C#N)cc3n2)cn1. The van der Waals surface area contributed by atoms with E-state index >= 15 is 0 Å². The Labute approximate surface area is 115 Å². The Kier molecular flexibility index (Phi) is 2.98. The molecule has 0 radical (unpaired) electrons. The first-order chi connectivity index (χ1) is 9.76. The molecule has 3 rings (SSSR count). The molecule has 0 saturated heterocycles. The first-order valence-electron chi connectivity index (χ1n) is 6.08. The van der Waals surface area contributed by atoms with Crippen LogP contribution in [0.4, 0.5) is 0 Å². The molecule has 2 aromatic heterocycles. The number of aryl methyl sites for hydroxylation is 1. The number of hydrogen-bond donors (Lipinski definition) is 0. The van der Waals surface area contributed by atoms with Crippen LogP contribution in [0.2, 0.25) is 0 Å². The molecule has 20 heavy (non-hydrogen) atoms. The Balaban J connectivity index is 2.09. The molecule has 5 heteroatoms. The van der Waals surface area contributed by atoms with Crippen LogP contribution in [0.25, 0.3) is 28.4 Å². The zero-order valence-corrected chi connectivity index (χ0v) is 10.9. The highest BCUT2D eigenvalue weighted by Crippen LogP contribution is 2.19. The van der Waals surface area contributed by atoms with E-state index < -0.39 is 0 Å². The number of aromatic nitrogens is 4. The van der Waals surface area contributed by atoms with E-state index in [4.69, 9.17) is 5.26 Å². The van der Waals surface area contributed by atoms with Gasteiger partial charge in [0.25, 0.3) is 0 Å². The smallest absolute Gasteiger partial charge is 0.0924 e. The van der Waals surface area contributed by atoms with Crippen LogP contribution in [-0.4, -0.2) is 19.7 Å². The zero-order valence-electron chi connectivity index (χ0n) is 10.9. The first-order valence-corrected chi connectivity index (χ1v) is 6.08. The number of fused-ring (bicyclic) bond motifs is 1. The molecule has 0 saturated carbocycles. The van der Waals surface area contributed by atoms with E-state index in [2.05, 4.69) is 15.1 Å². The molecule has 2 heterocycles. The highest BCUT2D eigenvalue weighted by molar-refractivity contribution is 5.79. The summed E-state index contributed by atoms with van der Waals surface area (Å²) in [6.45, 7) is 0. The van der Waals surface area contributed by atoms with Crippen molar-refractivity contribution in [3.63, 3.8) is 0 Å². The van der Waals surface area contributed by atoms with Gasteiger partial charge in [-0.25, -0.2) is 4.98 Å². The van der Waals surface area contributed by atoms with E-state index in [1.165, 1.54) is 6.08 Å². The summed E-state index contributed by atoms with van der Waals surface area (Å²) in [6, 6.07) is 7.70. The summed E-state index contributed by atoms with van der Waals surface area (Å²) in [6.07, 6.45) is 8.59. The Morgan fingerprint density at radius 3 is 2.90 bits per heavy atom. The number of allylic oxidation sites excluding steroid dienone is 1. The fraction of sp³-hybridized carbons (Fsp3) is 0.0667. The van der Waals surface area contributed by atoms with Crippen molar-refractivity contribution in [2.75, 3.05) is 0 Å². The summed E-state index contributed by atoms with van der Waals surface area (Å²) in [5.41, 5.74) is 4.27. The molecule has 0 aliphatic heterocycles. The second-order valence-electron chi connectivity index (χ2n) is 4.37. The number of nitrogens with zero attached hydrogens (tertiary/aromatic N) is 5. The summed E-state index contributed by atoms with van der Waals surface area (Å²) >= 11 is 0. The van der Waals surface area contributed by atoms with Crippen molar-refractivity contribution >= 4 is 17.1 Å². The first kappa shape index (κ1) is 12.1. The Bertz CT molecular complexity index is 839. The van der Waals surface area contributed by atoms with Crippen molar-refractivity contribution < 1.29 is 0 Å². The van der Waals surface area contributed by atoms with Gasteiger partial charge in [-0.2, -0.15) is 10.4 Å². The average Bonchev–Trinajstić information content (AvgIpc) is 2.91. The van der Waals surface area contributed by atoms with E-state index in [9.17, 15) is 0 Å². The van der Waals surface area contributed by atoms with Crippen LogP contribution in [0.5, 0.6) is 0 Å². The fourth-order valence-electron chi connectivity index (χ4n) is 1.96. The highest BCUT2D eigenvalue weighted by Gasteiger charge is 2.05. The fourth-order valence-corrected chi connectivity index (χ4v) is 1.96. The van der Waals surface area contributed by atoms with Crippen LogP contribution < -0.4 is 0 Å². The number of nitriles is 1. The Morgan fingerprint density at radius 2 is 2.15 bits per heavy atom. The largest absolute Gasteiger partial charge is 0.275 e. The van der Waals surface area contributed by atoms with E-state index in [-0.39, 0.29) is 0 Å². The molecule has 3 aromatic rings. The maximum atomic E-state index is 8.56. The molecule has 0 N–H and O–H groups in total. The third kappa shape index (κ3) is 2.27. The summed E-state index contributed by atoms with van der Waals surface area (Å²) < 4.78 is 1.73. The van der Waals surface area contributed by atoms with Gasteiger partial charge in [-0.1, -0.05) is 6.07 Å². The molecule has 0 fully saturated rings. The maximum Gasteiger partial charge on any atom is 0.0924 e. The minimum absolute atomic E-state index is 0.784. The van der Waals surface area contributed by atoms with E-state index in [1.807, 2.05) is 37.5 Å². The van der Waals surface area contributed by atoms with Gasteiger partial charge in [-0.15, -0.1) is 0 Å². The molecule has 0 amide bonds. The van der Waals surface area contributed by atoms with Gasteiger partial charge in [0.05, 0.1) is 35.2 Å². The minimum atomic E-state index is 0.784. The van der Waals surface area contributed by atoms with Crippen molar-refractivity contribution in [2.45, 2.75) is 0 Å². The predicted octanol–water partition coefficient (Wildman–Crippen LogP) is 2.57. The second kappa shape index (κ2) is 4.94. The van der Waals surface area contributed by atoms with Crippen LogP contribution >= 0.6 is 0 Å². The lowest BCUT2D eigenvalue weighted by molar-refractivity contribution is 0.768. The molecule has 0 atom stereocenters. The Morgan fingerprint density at radius 1 is 1.25 bits per heavy atom. The standard InChI is InChI=1S/C15H11N5/c1-20-10-12(8-18-20)15-9-17-13-5-4-11(3-2-6-16)7-14(13)19-15/h2-5,7-10H,1H3/b3-2+. The lowest BCUT2D eigenvalue weighted by Gasteiger charge is -2.01. The Hall–Kier alpha value is -3.00. The minimum Gasteiger partial charge on any atom is -0.275 e. The van der Waals surface area contributed by atoms with Crippen molar-refractivity contribution in [1.29, 1.82) is 5.26 Å². The molecule has 5 nitrogen and oxygen atoms in total. The van der Waals surface area contributed by atoms with E-state index in [1.54, 1.807) is 23.2 Å². The van der Waals surface area contributed by atoms with Crippen LogP contribution in [0.3, 0.4) is 0 Å². The lowest BCUT2D eigenvalue weighted by Crippen LogP contribution is -1.88. The summed E-state index contributed by atoms with van der Waals surface area (Å²) in [5, 5.41) is 12.7. The van der Waals surface area contributed by atoms with Crippen molar-refractivity contribution in [1.82, 2.24) is 19.7 Å². The van der Waals surface area contributed by atoms with Gasteiger partial charge < -0.3 is 0 Å². The van der Waals surface area contributed by atoms with Crippen LogP contribution in [0.15, 0.2) is 42.9 Å². The molecule has 96 valence electrons. The summed E-state index contributed by atoms with van der Waals surface area (Å²) in [5.74, 6) is 0. The van der Waals surface area contributed by atoms with Gasteiger partial charge >= 0.3 is 0 Å². The van der Waals surface area contributed by atoms with E-state index in [0.717, 1.165) is 27.9 Å². The van der Waals surface area contributed by atoms with Gasteiger partial charge in [0.2, 0.25) is 0 Å². The van der Waals surface area contributed by atoms with Crippen LogP contribution in [0.1, 0.15) is 5.56 Å². The van der Waals surface area contributed by atoms with Gasteiger partial charge in [-0.05, 0) is 23.8 Å². The molecule has 1 aromatic carbocycles. The summed E-state index contributed by atoms with van der Waals surface area (Å²) in [4.78, 5) is 8.99. The lowest BCUT2D eigenvalue weighted by atomic mass is 10.1. The molecular formula is C15H11N5. The monoisotopic (exact) mass is 261 g/mol. The van der Waals surface area contributed by atoms with Gasteiger partial charge in [0, 0.05) is 24.9 Å². The third-order valence-electron chi connectivity index (χ3n) is 2.92. The summed E-state index contributed by atoms with van der Waals surface area (Å²) in [7, 11) is 1.86. The van der Waals surface area contributed by atoms with Crippen molar-refractivity contribution in [3.05, 3.63) is 48.4 Å². The van der Waals surface area contributed by atoms with Crippen molar-refractivity contribution in [3.8, 4) is 17.3 Å². The second-order valence-corrected chi connectivity index (χ2v) is 4.37. The van der Waals surface area contributed by atoms with Gasteiger partial charge in [0.1, 0.15) is 0 Å². The molecule has 0 bridgehead atoms. The highest BCUT2D eigenvalue weighted by atomic mass is 15.2. The molecule has 0 aliphatic carbocycles. The normalized spacial score (nSPS) is 11.0. The number of hydrogen-bond acceptors (Lipinski definition) is 4. The number of benzene rings is 1. The van der Waals surface area contributed by atoms with E-state index in [0.29, 0.717) is 0 Å². The number of rotatable bonds is 2. The predicted molar refractivity (Wildman–Crippen MR) is 76.4 cm³/mol. The molecule has 0 aliphatic rings. The molecular weight excluding hydrogens is 250 g/mol. The zero-order chi connectivity index (χ0) is 13.9.